The predicted octanol–water partition coefficient (Wildman–Crippen LogP) is 4.25. The van der Waals surface area contributed by atoms with Crippen LogP contribution in [0, 0.1) is 11.6 Å². The van der Waals surface area contributed by atoms with E-state index in [4.69, 9.17) is 4.74 Å². The Bertz CT molecular complexity index is 1240. The summed E-state index contributed by atoms with van der Waals surface area (Å²) in [7, 11) is 0. The number of aromatic amines is 1. The van der Waals surface area contributed by atoms with Gasteiger partial charge in [0.25, 0.3) is 0 Å². The highest BCUT2D eigenvalue weighted by Gasteiger charge is 2.40. The number of amides is 2. The Labute approximate surface area is 203 Å². The number of carbonyl (C=O) groups is 2. The van der Waals surface area contributed by atoms with Crippen LogP contribution in [0.5, 0.6) is 0 Å². The van der Waals surface area contributed by atoms with Gasteiger partial charge in [-0.1, -0.05) is 6.07 Å². The molecule has 0 unspecified atom stereocenters. The summed E-state index contributed by atoms with van der Waals surface area (Å²) in [6.07, 6.45) is 5.89. The highest BCUT2D eigenvalue weighted by atomic mass is 79.9. The van der Waals surface area contributed by atoms with E-state index in [2.05, 4.69) is 31.5 Å². The highest BCUT2D eigenvalue weighted by Crippen LogP contribution is 2.23. The molecular formula is C25H24BrF2N3O3. The zero-order valence-corrected chi connectivity index (χ0v) is 19.9. The Morgan fingerprint density at radius 1 is 1.15 bits per heavy atom. The fraction of sp³-hybridized carbons (Fsp3) is 0.280. The number of aromatic nitrogens is 1. The number of carbonyl (C=O) groups excluding carboxylic acids is 2. The van der Waals surface area contributed by atoms with Crippen LogP contribution in [0.3, 0.4) is 0 Å². The SMILES string of the molecule is O=C(/C=C/c1ccc(F)c(Br)c1)NC1(C(=O)NCCc2c[nH]c3ccc(F)cc23)CCOCC1. The quantitative estimate of drug-likeness (QED) is 0.398. The third kappa shape index (κ3) is 5.53. The van der Waals surface area contributed by atoms with Crippen LogP contribution in [0.2, 0.25) is 0 Å². The molecule has 1 saturated heterocycles. The second-order valence-electron chi connectivity index (χ2n) is 8.20. The number of fused-ring (bicyclic) bond motifs is 1. The Morgan fingerprint density at radius 3 is 2.71 bits per heavy atom. The number of H-pyrrole nitrogens is 1. The van der Waals surface area contributed by atoms with Crippen LogP contribution in [-0.2, 0) is 20.7 Å². The molecule has 1 fully saturated rings. The third-order valence-electron chi connectivity index (χ3n) is 5.92. The molecule has 3 aromatic rings. The maximum absolute atomic E-state index is 13.6. The van der Waals surface area contributed by atoms with Gasteiger partial charge < -0.3 is 20.4 Å². The molecule has 0 radical (unpaired) electrons. The van der Waals surface area contributed by atoms with Crippen LogP contribution in [0.4, 0.5) is 8.78 Å². The molecule has 0 atom stereocenters. The summed E-state index contributed by atoms with van der Waals surface area (Å²) in [6, 6.07) is 8.96. The lowest BCUT2D eigenvalue weighted by molar-refractivity contribution is -0.136. The molecule has 4 rings (SSSR count). The van der Waals surface area contributed by atoms with E-state index < -0.39 is 17.3 Å². The minimum Gasteiger partial charge on any atom is -0.381 e. The molecule has 2 heterocycles. The maximum atomic E-state index is 13.6. The molecular weight excluding hydrogens is 508 g/mol. The van der Waals surface area contributed by atoms with Gasteiger partial charge in [0.15, 0.2) is 0 Å². The van der Waals surface area contributed by atoms with Crippen molar-refractivity contribution < 1.29 is 23.1 Å². The first-order valence-corrected chi connectivity index (χ1v) is 11.7. The van der Waals surface area contributed by atoms with E-state index in [1.165, 1.54) is 24.3 Å². The Kier molecular flexibility index (Phi) is 7.43. The highest BCUT2D eigenvalue weighted by molar-refractivity contribution is 9.10. The van der Waals surface area contributed by atoms with Gasteiger partial charge in [-0.15, -0.1) is 0 Å². The van der Waals surface area contributed by atoms with Crippen LogP contribution in [0.15, 0.2) is 53.1 Å². The van der Waals surface area contributed by atoms with Crippen molar-refractivity contribution in [1.29, 1.82) is 0 Å². The van der Waals surface area contributed by atoms with E-state index in [-0.39, 0.29) is 11.7 Å². The summed E-state index contributed by atoms with van der Waals surface area (Å²) in [4.78, 5) is 28.9. The molecule has 0 saturated carbocycles. The molecule has 9 heteroatoms. The van der Waals surface area contributed by atoms with E-state index in [0.717, 1.165) is 16.5 Å². The Hall–Kier alpha value is -3.04. The van der Waals surface area contributed by atoms with Gasteiger partial charge in [0.2, 0.25) is 11.8 Å². The minimum atomic E-state index is -1.09. The molecule has 178 valence electrons. The molecule has 6 nitrogen and oxygen atoms in total. The standard InChI is InChI=1S/C25H24BrF2N3O3/c26-20-13-16(1-4-21(20)28)2-6-23(32)31-25(8-11-34-12-9-25)24(33)29-10-7-17-15-30-22-5-3-18(27)14-19(17)22/h1-6,13-15,30H,7-12H2,(H,29,33)(H,31,32)/b6-2+. The second-order valence-corrected chi connectivity index (χ2v) is 9.05. The number of hydrogen-bond donors (Lipinski definition) is 3. The van der Waals surface area contributed by atoms with Gasteiger partial charge >= 0.3 is 0 Å². The van der Waals surface area contributed by atoms with Crippen molar-refractivity contribution >= 4 is 44.7 Å². The summed E-state index contributed by atoms with van der Waals surface area (Å²) >= 11 is 3.12. The Balaban J connectivity index is 1.40. The molecule has 3 N–H and O–H groups in total. The molecule has 1 aliphatic rings. The molecule has 0 bridgehead atoms. The Morgan fingerprint density at radius 2 is 1.94 bits per heavy atom. The van der Waals surface area contributed by atoms with E-state index in [1.54, 1.807) is 30.5 Å². The molecule has 0 aliphatic carbocycles. The summed E-state index contributed by atoms with van der Waals surface area (Å²) in [6.45, 7) is 1.04. The lowest BCUT2D eigenvalue weighted by Gasteiger charge is -2.36. The van der Waals surface area contributed by atoms with Gasteiger partial charge in [-0.3, -0.25) is 9.59 Å². The summed E-state index contributed by atoms with van der Waals surface area (Å²) in [5, 5.41) is 6.54. The van der Waals surface area contributed by atoms with Gasteiger partial charge in [0, 0.05) is 55.8 Å². The largest absolute Gasteiger partial charge is 0.381 e. The van der Waals surface area contributed by atoms with Gasteiger partial charge in [0.1, 0.15) is 17.2 Å². The van der Waals surface area contributed by atoms with Crippen LogP contribution in [-0.4, -0.2) is 42.1 Å². The fourth-order valence-electron chi connectivity index (χ4n) is 4.03. The van der Waals surface area contributed by atoms with Crippen molar-refractivity contribution in [3.05, 3.63) is 75.9 Å². The normalized spacial score (nSPS) is 15.5. The predicted molar refractivity (Wildman–Crippen MR) is 129 cm³/mol. The first-order chi connectivity index (χ1) is 16.4. The summed E-state index contributed by atoms with van der Waals surface area (Å²) < 4.78 is 32.7. The van der Waals surface area contributed by atoms with E-state index in [0.29, 0.717) is 49.1 Å². The zero-order valence-electron chi connectivity index (χ0n) is 18.3. The van der Waals surface area contributed by atoms with E-state index in [9.17, 15) is 18.4 Å². The second kappa shape index (κ2) is 10.5. The van der Waals surface area contributed by atoms with Gasteiger partial charge in [0.05, 0.1) is 4.47 Å². The summed E-state index contributed by atoms with van der Waals surface area (Å²) in [5.41, 5.74) is 1.28. The minimum absolute atomic E-state index is 0.284. The first-order valence-electron chi connectivity index (χ1n) is 10.9. The maximum Gasteiger partial charge on any atom is 0.245 e. The molecule has 34 heavy (non-hydrogen) atoms. The van der Waals surface area contributed by atoms with Gasteiger partial charge in [-0.05, 0) is 69.9 Å². The topological polar surface area (TPSA) is 83.2 Å². The average molecular weight is 532 g/mol. The van der Waals surface area contributed by atoms with Crippen molar-refractivity contribution in [2.75, 3.05) is 19.8 Å². The van der Waals surface area contributed by atoms with Crippen LogP contribution >= 0.6 is 15.9 Å². The fourth-order valence-corrected chi connectivity index (χ4v) is 4.43. The molecule has 2 amide bonds. The third-order valence-corrected chi connectivity index (χ3v) is 6.53. The van der Waals surface area contributed by atoms with E-state index in [1.807, 2.05) is 0 Å². The van der Waals surface area contributed by atoms with Crippen molar-refractivity contribution in [3.63, 3.8) is 0 Å². The van der Waals surface area contributed by atoms with Crippen molar-refractivity contribution in [3.8, 4) is 0 Å². The number of hydrogen-bond acceptors (Lipinski definition) is 3. The van der Waals surface area contributed by atoms with Crippen molar-refractivity contribution in [1.82, 2.24) is 15.6 Å². The van der Waals surface area contributed by atoms with Crippen LogP contribution in [0.1, 0.15) is 24.0 Å². The first kappa shape index (κ1) is 24.1. The number of ether oxygens (including phenoxy) is 1. The van der Waals surface area contributed by atoms with Crippen molar-refractivity contribution in [2.45, 2.75) is 24.8 Å². The monoisotopic (exact) mass is 531 g/mol. The summed E-state index contributed by atoms with van der Waals surface area (Å²) in [5.74, 6) is -1.42. The molecule has 0 spiro atoms. The van der Waals surface area contributed by atoms with Crippen molar-refractivity contribution in [2.24, 2.45) is 0 Å². The van der Waals surface area contributed by atoms with E-state index >= 15 is 0 Å². The zero-order chi connectivity index (χ0) is 24.1. The smallest absolute Gasteiger partial charge is 0.245 e. The van der Waals surface area contributed by atoms with Gasteiger partial charge in [-0.25, -0.2) is 8.78 Å². The van der Waals surface area contributed by atoms with Crippen LogP contribution in [0.25, 0.3) is 17.0 Å². The van der Waals surface area contributed by atoms with Gasteiger partial charge in [-0.2, -0.15) is 0 Å². The number of nitrogens with one attached hydrogen (secondary N) is 3. The van der Waals surface area contributed by atoms with Crippen LogP contribution < -0.4 is 10.6 Å². The number of halogens is 3. The lowest BCUT2D eigenvalue weighted by Crippen LogP contribution is -2.61. The molecule has 1 aromatic heterocycles. The average Bonchev–Trinajstić information content (AvgIpc) is 3.22. The number of benzene rings is 2. The molecule has 2 aromatic carbocycles. The lowest BCUT2D eigenvalue weighted by atomic mass is 9.88. The number of rotatable bonds is 7. The molecule has 1 aliphatic heterocycles.